The summed E-state index contributed by atoms with van der Waals surface area (Å²) in [5.74, 6) is 0.356. The van der Waals surface area contributed by atoms with Crippen LogP contribution in [0.2, 0.25) is 0 Å². The summed E-state index contributed by atoms with van der Waals surface area (Å²) in [6.07, 6.45) is 3.92. The van der Waals surface area contributed by atoms with E-state index in [0.717, 1.165) is 40.8 Å². The Balaban J connectivity index is 1.34. The van der Waals surface area contributed by atoms with E-state index in [0.29, 0.717) is 30.1 Å². The van der Waals surface area contributed by atoms with Crippen LogP contribution in [0.25, 0.3) is 21.9 Å². The van der Waals surface area contributed by atoms with Crippen LogP contribution in [-0.4, -0.2) is 25.2 Å². The van der Waals surface area contributed by atoms with Crippen molar-refractivity contribution in [2.24, 2.45) is 0 Å². The molecule has 0 atom stereocenters. The number of benzene rings is 4. The van der Waals surface area contributed by atoms with Gasteiger partial charge in [0.25, 0.3) is 0 Å². The van der Waals surface area contributed by atoms with Gasteiger partial charge in [-0.05, 0) is 70.3 Å². The SMILES string of the molecule is C=CC(=O)OCCCOc1ccc2cc(C(=O)Oc3ccc(-c4ccc(CCC)cc4)cc3)ccc2c1. The first-order valence-corrected chi connectivity index (χ1v) is 12.4. The monoisotopic (exact) mass is 494 g/mol. The number of rotatable bonds is 11. The van der Waals surface area contributed by atoms with Crippen LogP contribution in [0, 0.1) is 0 Å². The summed E-state index contributed by atoms with van der Waals surface area (Å²) in [6.45, 7) is 6.23. The molecule has 0 amide bonds. The topological polar surface area (TPSA) is 61.8 Å². The Kier molecular flexibility index (Phi) is 8.71. The quantitative estimate of drug-likeness (QED) is 0.0957. The zero-order valence-electron chi connectivity index (χ0n) is 20.9. The van der Waals surface area contributed by atoms with E-state index in [4.69, 9.17) is 14.2 Å². The van der Waals surface area contributed by atoms with E-state index in [1.165, 1.54) is 5.56 Å². The van der Waals surface area contributed by atoms with Gasteiger partial charge < -0.3 is 14.2 Å². The number of carbonyl (C=O) groups is 2. The summed E-state index contributed by atoms with van der Waals surface area (Å²) in [4.78, 5) is 23.8. The Morgan fingerprint density at radius 2 is 1.43 bits per heavy atom. The Labute approximate surface area is 217 Å². The van der Waals surface area contributed by atoms with E-state index in [1.54, 1.807) is 6.07 Å². The number of esters is 2. The molecule has 4 aromatic rings. The van der Waals surface area contributed by atoms with E-state index >= 15 is 0 Å². The Morgan fingerprint density at radius 3 is 2.14 bits per heavy atom. The summed E-state index contributed by atoms with van der Waals surface area (Å²) >= 11 is 0. The molecular formula is C32H30O5. The van der Waals surface area contributed by atoms with Crippen LogP contribution in [0.15, 0.2) is 97.6 Å². The largest absolute Gasteiger partial charge is 0.493 e. The van der Waals surface area contributed by atoms with Gasteiger partial charge in [-0.2, -0.15) is 0 Å². The van der Waals surface area contributed by atoms with Gasteiger partial charge in [0, 0.05) is 12.5 Å². The van der Waals surface area contributed by atoms with Gasteiger partial charge in [-0.3, -0.25) is 0 Å². The summed E-state index contributed by atoms with van der Waals surface area (Å²) in [5.41, 5.74) is 4.01. The Hall–Kier alpha value is -4.38. The highest BCUT2D eigenvalue weighted by Crippen LogP contribution is 2.25. The highest BCUT2D eigenvalue weighted by Gasteiger charge is 2.10. The van der Waals surface area contributed by atoms with Crippen LogP contribution in [0.3, 0.4) is 0 Å². The number of carbonyl (C=O) groups excluding carboxylic acids is 2. The molecule has 0 spiro atoms. The van der Waals surface area contributed by atoms with Crippen molar-refractivity contribution < 1.29 is 23.8 Å². The van der Waals surface area contributed by atoms with Crippen molar-refractivity contribution in [2.75, 3.05) is 13.2 Å². The van der Waals surface area contributed by atoms with Gasteiger partial charge >= 0.3 is 11.9 Å². The minimum absolute atomic E-state index is 0.277. The molecule has 0 N–H and O–H groups in total. The second kappa shape index (κ2) is 12.5. The van der Waals surface area contributed by atoms with Crippen LogP contribution in [-0.2, 0) is 16.0 Å². The molecular weight excluding hydrogens is 464 g/mol. The molecule has 5 heteroatoms. The number of hydrogen-bond acceptors (Lipinski definition) is 5. The first-order chi connectivity index (χ1) is 18.1. The molecule has 0 bridgehead atoms. The third kappa shape index (κ3) is 7.07. The molecule has 5 nitrogen and oxygen atoms in total. The maximum absolute atomic E-state index is 12.8. The molecule has 37 heavy (non-hydrogen) atoms. The van der Waals surface area contributed by atoms with Crippen LogP contribution < -0.4 is 9.47 Å². The molecule has 0 heterocycles. The molecule has 4 rings (SSSR count). The lowest BCUT2D eigenvalue weighted by Gasteiger charge is -2.09. The zero-order valence-corrected chi connectivity index (χ0v) is 20.9. The molecule has 188 valence electrons. The van der Waals surface area contributed by atoms with Gasteiger partial charge in [0.2, 0.25) is 0 Å². The lowest BCUT2D eigenvalue weighted by Crippen LogP contribution is -2.08. The average Bonchev–Trinajstić information content (AvgIpc) is 2.93. The minimum Gasteiger partial charge on any atom is -0.493 e. The average molecular weight is 495 g/mol. The maximum Gasteiger partial charge on any atom is 0.343 e. The summed E-state index contributed by atoms with van der Waals surface area (Å²) in [6, 6.07) is 27.2. The highest BCUT2D eigenvalue weighted by atomic mass is 16.5. The molecule has 0 aliphatic carbocycles. The third-order valence-electron chi connectivity index (χ3n) is 5.91. The Morgan fingerprint density at radius 1 is 0.784 bits per heavy atom. The van der Waals surface area contributed by atoms with E-state index in [1.807, 2.05) is 54.6 Å². The van der Waals surface area contributed by atoms with Gasteiger partial charge in [-0.25, -0.2) is 9.59 Å². The first-order valence-electron chi connectivity index (χ1n) is 12.4. The second-order valence-electron chi connectivity index (χ2n) is 8.66. The number of hydrogen-bond donors (Lipinski definition) is 0. The predicted molar refractivity (Wildman–Crippen MR) is 146 cm³/mol. The standard InChI is InChI=1S/C32H30O5/c1-3-6-23-7-9-24(10-8-23)25-13-16-29(17-14-25)37-32(34)28-12-11-27-22-30(18-15-26(27)21-28)35-19-5-20-36-31(33)4-2/h4,7-18,21-22H,2-3,5-6,19-20H2,1H3. The zero-order chi connectivity index (χ0) is 26.0. The summed E-state index contributed by atoms with van der Waals surface area (Å²) < 4.78 is 16.3. The van der Waals surface area contributed by atoms with Crippen molar-refractivity contribution in [3.05, 3.63) is 109 Å². The molecule has 0 saturated carbocycles. The van der Waals surface area contributed by atoms with Crippen molar-refractivity contribution in [1.82, 2.24) is 0 Å². The molecule has 0 fully saturated rings. The minimum atomic E-state index is -0.440. The predicted octanol–water partition coefficient (Wildman–Crippen LogP) is 7.18. The normalized spacial score (nSPS) is 10.6. The van der Waals surface area contributed by atoms with Gasteiger partial charge in [-0.1, -0.05) is 68.5 Å². The van der Waals surface area contributed by atoms with E-state index in [2.05, 4.69) is 37.8 Å². The lowest BCUT2D eigenvalue weighted by molar-refractivity contribution is -0.137. The van der Waals surface area contributed by atoms with Crippen molar-refractivity contribution in [2.45, 2.75) is 26.2 Å². The van der Waals surface area contributed by atoms with Crippen molar-refractivity contribution >= 4 is 22.7 Å². The van der Waals surface area contributed by atoms with Crippen LogP contribution >= 0.6 is 0 Å². The number of aryl methyl sites for hydroxylation is 1. The van der Waals surface area contributed by atoms with Crippen molar-refractivity contribution in [3.63, 3.8) is 0 Å². The van der Waals surface area contributed by atoms with Gasteiger partial charge in [0.15, 0.2) is 0 Å². The molecule has 0 aliphatic heterocycles. The van der Waals surface area contributed by atoms with Crippen LogP contribution in [0.4, 0.5) is 0 Å². The highest BCUT2D eigenvalue weighted by molar-refractivity contribution is 5.96. The summed E-state index contributed by atoms with van der Waals surface area (Å²) in [5, 5.41) is 1.85. The van der Waals surface area contributed by atoms with Gasteiger partial charge in [0.1, 0.15) is 11.5 Å². The fourth-order valence-corrected chi connectivity index (χ4v) is 3.96. The van der Waals surface area contributed by atoms with E-state index in [-0.39, 0.29) is 6.61 Å². The van der Waals surface area contributed by atoms with E-state index < -0.39 is 11.9 Å². The third-order valence-corrected chi connectivity index (χ3v) is 5.91. The molecule has 0 unspecified atom stereocenters. The van der Waals surface area contributed by atoms with Crippen LogP contribution in [0.5, 0.6) is 11.5 Å². The smallest absolute Gasteiger partial charge is 0.343 e. The number of ether oxygens (including phenoxy) is 3. The fourth-order valence-electron chi connectivity index (χ4n) is 3.96. The second-order valence-corrected chi connectivity index (χ2v) is 8.66. The molecule has 0 aliphatic rings. The molecule has 4 aromatic carbocycles. The Bertz CT molecular complexity index is 1370. The maximum atomic E-state index is 12.8. The van der Waals surface area contributed by atoms with Crippen LogP contribution in [0.1, 0.15) is 35.7 Å². The fraction of sp³-hybridized carbons (Fsp3) is 0.188. The van der Waals surface area contributed by atoms with E-state index in [9.17, 15) is 9.59 Å². The lowest BCUT2D eigenvalue weighted by atomic mass is 10.0. The summed E-state index contributed by atoms with van der Waals surface area (Å²) in [7, 11) is 0. The molecule has 0 radical (unpaired) electrons. The van der Waals surface area contributed by atoms with Crippen molar-refractivity contribution in [3.8, 4) is 22.6 Å². The molecule has 0 aromatic heterocycles. The number of fused-ring (bicyclic) bond motifs is 1. The van der Waals surface area contributed by atoms with Gasteiger partial charge in [-0.15, -0.1) is 0 Å². The molecule has 0 saturated heterocycles. The first kappa shape index (κ1) is 25.7. The van der Waals surface area contributed by atoms with Gasteiger partial charge in [0.05, 0.1) is 18.8 Å². The van der Waals surface area contributed by atoms with Crippen molar-refractivity contribution in [1.29, 1.82) is 0 Å².